The van der Waals surface area contributed by atoms with Crippen LogP contribution in [-0.4, -0.2) is 23.2 Å². The summed E-state index contributed by atoms with van der Waals surface area (Å²) in [6.45, 7) is 5.68. The van der Waals surface area contributed by atoms with Crippen molar-refractivity contribution in [3.8, 4) is 0 Å². The van der Waals surface area contributed by atoms with Crippen molar-refractivity contribution in [2.75, 3.05) is 6.61 Å². The second kappa shape index (κ2) is 5.52. The summed E-state index contributed by atoms with van der Waals surface area (Å²) in [6, 6.07) is 5.23. The number of hydrogen-bond donors (Lipinski definition) is 2. The van der Waals surface area contributed by atoms with Gasteiger partial charge in [-0.2, -0.15) is 0 Å². The number of carbonyl (C=O) groups is 1. The Morgan fingerprint density at radius 3 is 2.59 bits per heavy atom. The number of rotatable bonds is 4. The molecule has 0 heterocycles. The zero-order valence-corrected chi connectivity index (χ0v) is 11.1. The average Bonchev–Trinajstić information content (AvgIpc) is 2.14. The molecule has 0 aliphatic heterocycles. The van der Waals surface area contributed by atoms with E-state index in [2.05, 4.69) is 5.32 Å². The molecule has 0 bridgehead atoms. The molecule has 94 valence electrons. The van der Waals surface area contributed by atoms with Crippen LogP contribution >= 0.6 is 11.6 Å². The number of halogens is 1. The molecule has 3 nitrogen and oxygen atoms in total. The van der Waals surface area contributed by atoms with Crippen molar-refractivity contribution in [3.63, 3.8) is 0 Å². The lowest BCUT2D eigenvalue weighted by Crippen LogP contribution is -2.44. The molecular formula is C13H18ClNO2. The van der Waals surface area contributed by atoms with Crippen LogP contribution in [0.3, 0.4) is 0 Å². The molecule has 1 aromatic rings. The summed E-state index contributed by atoms with van der Waals surface area (Å²) >= 11 is 5.91. The maximum atomic E-state index is 12.0. The Hall–Kier alpha value is -1.06. The van der Waals surface area contributed by atoms with E-state index in [1.54, 1.807) is 18.2 Å². The molecule has 0 aromatic heterocycles. The van der Waals surface area contributed by atoms with Crippen LogP contribution in [-0.2, 0) is 0 Å². The van der Waals surface area contributed by atoms with Crippen LogP contribution in [0, 0.1) is 6.92 Å². The van der Waals surface area contributed by atoms with Crippen molar-refractivity contribution in [1.82, 2.24) is 5.32 Å². The van der Waals surface area contributed by atoms with E-state index in [1.807, 2.05) is 20.8 Å². The van der Waals surface area contributed by atoms with E-state index < -0.39 is 5.54 Å². The Bertz CT molecular complexity index is 396. The third-order valence-corrected chi connectivity index (χ3v) is 2.71. The van der Waals surface area contributed by atoms with Crippen LogP contribution in [0.2, 0.25) is 5.02 Å². The highest BCUT2D eigenvalue weighted by molar-refractivity contribution is 6.31. The summed E-state index contributed by atoms with van der Waals surface area (Å²) in [5.41, 5.74) is 1.06. The number of hydrogen-bond acceptors (Lipinski definition) is 2. The Labute approximate surface area is 107 Å². The van der Waals surface area contributed by atoms with Crippen LogP contribution in [0.1, 0.15) is 36.2 Å². The monoisotopic (exact) mass is 255 g/mol. The SMILES string of the molecule is Cc1cc(Cl)cc(C(=O)NC(C)(C)CCO)c1. The van der Waals surface area contributed by atoms with Gasteiger partial charge in [0.25, 0.3) is 5.91 Å². The molecule has 4 heteroatoms. The largest absolute Gasteiger partial charge is 0.396 e. The molecule has 0 aliphatic carbocycles. The first kappa shape index (κ1) is 14.0. The number of benzene rings is 1. The van der Waals surface area contributed by atoms with Crippen molar-refractivity contribution in [2.45, 2.75) is 32.7 Å². The third kappa shape index (κ3) is 4.36. The summed E-state index contributed by atoms with van der Waals surface area (Å²) in [7, 11) is 0. The number of carbonyl (C=O) groups excluding carboxylic acids is 1. The number of amides is 1. The van der Waals surface area contributed by atoms with E-state index in [0.717, 1.165) is 5.56 Å². The summed E-state index contributed by atoms with van der Waals surface area (Å²) in [6.07, 6.45) is 0.512. The molecule has 0 unspecified atom stereocenters. The van der Waals surface area contributed by atoms with Crippen LogP contribution < -0.4 is 5.32 Å². The van der Waals surface area contributed by atoms with Gasteiger partial charge >= 0.3 is 0 Å². The third-order valence-electron chi connectivity index (χ3n) is 2.49. The number of aliphatic hydroxyl groups excluding tert-OH is 1. The van der Waals surface area contributed by atoms with Gasteiger partial charge in [0, 0.05) is 22.7 Å². The van der Waals surface area contributed by atoms with Gasteiger partial charge in [0.05, 0.1) is 0 Å². The fourth-order valence-electron chi connectivity index (χ4n) is 1.59. The van der Waals surface area contributed by atoms with Gasteiger partial charge in [-0.05, 0) is 51.0 Å². The van der Waals surface area contributed by atoms with Gasteiger partial charge in [-0.1, -0.05) is 11.6 Å². The molecule has 0 spiro atoms. The molecular weight excluding hydrogens is 238 g/mol. The van der Waals surface area contributed by atoms with Crippen LogP contribution in [0.4, 0.5) is 0 Å². The van der Waals surface area contributed by atoms with Crippen molar-refractivity contribution < 1.29 is 9.90 Å². The predicted octanol–water partition coefficient (Wildman–Crippen LogP) is 2.54. The second-order valence-electron chi connectivity index (χ2n) is 4.83. The van der Waals surface area contributed by atoms with Gasteiger partial charge in [-0.3, -0.25) is 4.79 Å². The highest BCUT2D eigenvalue weighted by Gasteiger charge is 2.20. The minimum absolute atomic E-state index is 0.0435. The number of nitrogens with one attached hydrogen (secondary N) is 1. The summed E-state index contributed by atoms with van der Waals surface area (Å²) in [5.74, 6) is -0.172. The van der Waals surface area contributed by atoms with Gasteiger partial charge in [-0.25, -0.2) is 0 Å². The molecule has 2 N–H and O–H groups in total. The topological polar surface area (TPSA) is 49.3 Å². The van der Waals surface area contributed by atoms with Gasteiger partial charge in [0.1, 0.15) is 0 Å². The maximum Gasteiger partial charge on any atom is 0.251 e. The smallest absolute Gasteiger partial charge is 0.251 e. The number of aliphatic hydroxyl groups is 1. The Morgan fingerprint density at radius 1 is 1.41 bits per heavy atom. The Kier molecular flexibility index (Phi) is 4.54. The predicted molar refractivity (Wildman–Crippen MR) is 69.4 cm³/mol. The zero-order chi connectivity index (χ0) is 13.1. The van der Waals surface area contributed by atoms with Gasteiger partial charge < -0.3 is 10.4 Å². The molecule has 1 aromatic carbocycles. The van der Waals surface area contributed by atoms with Gasteiger partial charge in [-0.15, -0.1) is 0 Å². The standard InChI is InChI=1S/C13H18ClNO2/c1-9-6-10(8-11(14)7-9)12(17)15-13(2,3)4-5-16/h6-8,16H,4-5H2,1-3H3,(H,15,17). The van der Waals surface area contributed by atoms with E-state index in [-0.39, 0.29) is 12.5 Å². The highest BCUT2D eigenvalue weighted by Crippen LogP contribution is 2.16. The van der Waals surface area contributed by atoms with E-state index in [9.17, 15) is 4.79 Å². The molecule has 0 saturated carbocycles. The minimum atomic E-state index is -0.429. The first-order valence-corrected chi connectivity index (χ1v) is 5.92. The fraction of sp³-hybridized carbons (Fsp3) is 0.462. The highest BCUT2D eigenvalue weighted by atomic mass is 35.5. The molecule has 0 atom stereocenters. The molecule has 0 radical (unpaired) electrons. The first-order chi connectivity index (χ1) is 7.84. The molecule has 0 fully saturated rings. The minimum Gasteiger partial charge on any atom is -0.396 e. The van der Waals surface area contributed by atoms with Gasteiger partial charge in [0.15, 0.2) is 0 Å². The van der Waals surface area contributed by atoms with Crippen LogP contribution in [0.15, 0.2) is 18.2 Å². The fourth-order valence-corrected chi connectivity index (χ4v) is 1.88. The van der Waals surface area contributed by atoms with E-state index in [1.165, 1.54) is 0 Å². The molecule has 17 heavy (non-hydrogen) atoms. The van der Waals surface area contributed by atoms with Crippen molar-refractivity contribution in [2.24, 2.45) is 0 Å². The maximum absolute atomic E-state index is 12.0. The normalized spacial score (nSPS) is 11.4. The van der Waals surface area contributed by atoms with E-state index >= 15 is 0 Å². The Balaban J connectivity index is 2.83. The second-order valence-corrected chi connectivity index (χ2v) is 5.27. The Morgan fingerprint density at radius 2 is 2.06 bits per heavy atom. The average molecular weight is 256 g/mol. The van der Waals surface area contributed by atoms with Gasteiger partial charge in [0.2, 0.25) is 0 Å². The summed E-state index contributed by atoms with van der Waals surface area (Å²) < 4.78 is 0. The quantitative estimate of drug-likeness (QED) is 0.869. The van der Waals surface area contributed by atoms with E-state index in [0.29, 0.717) is 17.0 Å². The molecule has 1 amide bonds. The lowest BCUT2D eigenvalue weighted by Gasteiger charge is -2.25. The first-order valence-electron chi connectivity index (χ1n) is 5.54. The molecule has 0 aliphatic rings. The van der Waals surface area contributed by atoms with Crippen molar-refractivity contribution in [3.05, 3.63) is 34.3 Å². The lowest BCUT2D eigenvalue weighted by atomic mass is 10.0. The summed E-state index contributed by atoms with van der Waals surface area (Å²) in [5, 5.41) is 12.3. The van der Waals surface area contributed by atoms with E-state index in [4.69, 9.17) is 16.7 Å². The van der Waals surface area contributed by atoms with Crippen LogP contribution in [0.25, 0.3) is 0 Å². The lowest BCUT2D eigenvalue weighted by molar-refractivity contribution is 0.0899. The zero-order valence-electron chi connectivity index (χ0n) is 10.4. The number of aryl methyl sites for hydroxylation is 1. The summed E-state index contributed by atoms with van der Waals surface area (Å²) in [4.78, 5) is 12.0. The molecule has 0 saturated heterocycles. The molecule has 1 rings (SSSR count). The van der Waals surface area contributed by atoms with Crippen molar-refractivity contribution in [1.29, 1.82) is 0 Å². The van der Waals surface area contributed by atoms with Crippen LogP contribution in [0.5, 0.6) is 0 Å². The van der Waals surface area contributed by atoms with Crippen molar-refractivity contribution >= 4 is 17.5 Å².